The van der Waals surface area contributed by atoms with Gasteiger partial charge < -0.3 is 4.90 Å². The molecule has 13 aromatic rings. The predicted molar refractivity (Wildman–Crippen MR) is 320 cm³/mol. The van der Waals surface area contributed by atoms with Crippen LogP contribution in [0, 0.1) is 0 Å². The average molecular weight is 954 g/mol. The van der Waals surface area contributed by atoms with Gasteiger partial charge in [-0.25, -0.2) is 0 Å². The second kappa shape index (κ2) is 20.0. The lowest BCUT2D eigenvalue weighted by atomic mass is 9.84. The largest absolute Gasteiger partial charge is 0.311 e. The minimum Gasteiger partial charge on any atom is -0.311 e. The Kier molecular flexibility index (Phi) is 12.0. The summed E-state index contributed by atoms with van der Waals surface area (Å²) in [5, 5.41) is 4.99. The Balaban J connectivity index is 0.885. The van der Waals surface area contributed by atoms with Crippen molar-refractivity contribution in [3.8, 4) is 89.0 Å². The summed E-state index contributed by atoms with van der Waals surface area (Å²) in [5.41, 5.74) is 22.5. The van der Waals surface area contributed by atoms with E-state index in [0.717, 1.165) is 28.2 Å². The predicted octanol–water partition coefficient (Wildman–Crippen LogP) is 20.8. The molecule has 1 heteroatoms. The normalized spacial score (nSPS) is 11.2. The van der Waals surface area contributed by atoms with Gasteiger partial charge in [0.2, 0.25) is 0 Å². The number of hydrogen-bond acceptors (Lipinski definition) is 1. The van der Waals surface area contributed by atoms with E-state index < -0.39 is 0 Å². The Morgan fingerprint density at radius 2 is 0.453 bits per heavy atom. The molecule has 0 aliphatic rings. The molecule has 0 N–H and O–H groups in total. The molecule has 0 radical (unpaired) electrons. The molecule has 352 valence electrons. The van der Waals surface area contributed by atoms with E-state index in [0.29, 0.717) is 0 Å². The molecule has 0 bridgehead atoms. The Hall–Kier alpha value is -9.82. The van der Waals surface area contributed by atoms with Crippen molar-refractivity contribution in [2.24, 2.45) is 0 Å². The van der Waals surface area contributed by atoms with Crippen LogP contribution >= 0.6 is 0 Å². The first kappa shape index (κ1) is 45.1. The summed E-state index contributed by atoms with van der Waals surface area (Å²) in [7, 11) is 0. The summed E-state index contributed by atoms with van der Waals surface area (Å²) in [6.07, 6.45) is 0. The Labute approximate surface area is 439 Å². The van der Waals surface area contributed by atoms with Crippen LogP contribution in [-0.2, 0) is 0 Å². The highest BCUT2D eigenvalue weighted by atomic mass is 15.1. The van der Waals surface area contributed by atoms with E-state index >= 15 is 0 Å². The van der Waals surface area contributed by atoms with Gasteiger partial charge in [0.05, 0.1) is 0 Å². The van der Waals surface area contributed by atoms with E-state index in [1.54, 1.807) is 0 Å². The van der Waals surface area contributed by atoms with Gasteiger partial charge in [0, 0.05) is 17.1 Å². The van der Waals surface area contributed by atoms with Crippen molar-refractivity contribution in [2.75, 3.05) is 4.90 Å². The maximum absolute atomic E-state index is 2.39. The maximum Gasteiger partial charge on any atom is 0.0462 e. The molecule has 0 heterocycles. The van der Waals surface area contributed by atoms with Gasteiger partial charge in [0.25, 0.3) is 0 Å². The second-order valence-corrected chi connectivity index (χ2v) is 19.2. The van der Waals surface area contributed by atoms with Crippen LogP contribution in [0.4, 0.5) is 17.1 Å². The molecule has 0 unspecified atom stereocenters. The van der Waals surface area contributed by atoms with E-state index in [9.17, 15) is 0 Å². The maximum atomic E-state index is 2.39. The van der Waals surface area contributed by atoms with E-state index in [1.807, 2.05) is 0 Å². The van der Waals surface area contributed by atoms with Crippen LogP contribution in [0.25, 0.3) is 111 Å². The van der Waals surface area contributed by atoms with Crippen LogP contribution in [0.3, 0.4) is 0 Å². The highest BCUT2D eigenvalue weighted by Gasteiger charge is 2.20. The van der Waals surface area contributed by atoms with Crippen LogP contribution in [0.15, 0.2) is 309 Å². The van der Waals surface area contributed by atoms with Gasteiger partial charge in [-0.2, -0.15) is 0 Å². The topological polar surface area (TPSA) is 3.24 Å². The van der Waals surface area contributed by atoms with Gasteiger partial charge in [0.1, 0.15) is 0 Å². The number of fused-ring (bicyclic) bond motifs is 3. The fourth-order valence-electron chi connectivity index (χ4n) is 11.0. The second-order valence-electron chi connectivity index (χ2n) is 19.2. The first-order valence-electron chi connectivity index (χ1n) is 25.8. The van der Waals surface area contributed by atoms with Gasteiger partial charge in [-0.05, 0) is 159 Å². The minimum absolute atomic E-state index is 1.08. The average Bonchev–Trinajstić information content (AvgIpc) is 3.51. The zero-order valence-corrected chi connectivity index (χ0v) is 41.4. The molecule has 1 nitrogen and oxygen atoms in total. The monoisotopic (exact) mass is 953 g/mol. The van der Waals surface area contributed by atoms with Crippen molar-refractivity contribution in [3.63, 3.8) is 0 Å². The lowest BCUT2D eigenvalue weighted by molar-refractivity contribution is 1.28. The van der Waals surface area contributed by atoms with Crippen molar-refractivity contribution in [1.82, 2.24) is 0 Å². The molecule has 0 fully saturated rings. The molecular formula is C74H51N. The fraction of sp³-hybridized carbons (Fsp3) is 0. The molecule has 13 rings (SSSR count). The molecule has 0 aliphatic carbocycles. The molecule has 0 saturated carbocycles. The van der Waals surface area contributed by atoms with Crippen molar-refractivity contribution in [1.29, 1.82) is 0 Å². The van der Waals surface area contributed by atoms with E-state index in [1.165, 1.54) is 99.4 Å². The minimum atomic E-state index is 1.08. The lowest BCUT2D eigenvalue weighted by Gasteiger charge is -2.26. The van der Waals surface area contributed by atoms with Crippen LogP contribution in [-0.4, -0.2) is 0 Å². The number of hydrogen-bond donors (Lipinski definition) is 0. The molecule has 0 aliphatic heterocycles. The van der Waals surface area contributed by atoms with Gasteiger partial charge >= 0.3 is 0 Å². The van der Waals surface area contributed by atoms with E-state index in [-0.39, 0.29) is 0 Å². The zero-order chi connectivity index (χ0) is 49.9. The highest BCUT2D eigenvalue weighted by Crippen LogP contribution is 2.46. The van der Waals surface area contributed by atoms with Crippen molar-refractivity contribution in [2.45, 2.75) is 0 Å². The summed E-state index contributed by atoms with van der Waals surface area (Å²) in [6.45, 7) is 0. The van der Waals surface area contributed by atoms with Crippen molar-refractivity contribution < 1.29 is 0 Å². The third-order valence-electron chi connectivity index (χ3n) is 14.7. The standard InChI is InChI=1S/C74H51N/c1-6-18-52(19-7-1)53-30-32-54(33-31-53)55-34-42-64(43-35-55)75(65-44-36-56(37-45-65)62-40-48-67(58-20-8-2-9-21-58)71(50-62)59-22-10-3-11-23-59)66-46-38-57(39-47-66)63-41-49-70-72(51-63)68-28-16-17-29-69(68)73(60-24-12-4-13-25-60)74(70)61-26-14-5-15-27-61/h1-51H. The van der Waals surface area contributed by atoms with Gasteiger partial charge in [-0.15, -0.1) is 0 Å². The molecule has 13 aromatic carbocycles. The third kappa shape index (κ3) is 8.88. The Morgan fingerprint density at radius 3 is 0.907 bits per heavy atom. The number of benzene rings is 13. The van der Waals surface area contributed by atoms with Crippen LogP contribution in [0.1, 0.15) is 0 Å². The smallest absolute Gasteiger partial charge is 0.0462 e. The van der Waals surface area contributed by atoms with Crippen molar-refractivity contribution >= 4 is 38.6 Å². The lowest BCUT2D eigenvalue weighted by Crippen LogP contribution is -2.09. The molecule has 0 amide bonds. The van der Waals surface area contributed by atoms with Gasteiger partial charge in [0.15, 0.2) is 0 Å². The molecule has 0 saturated heterocycles. The first-order chi connectivity index (χ1) is 37.2. The SMILES string of the molecule is c1ccc(-c2ccc(-c3ccc(N(c4ccc(-c5ccc(-c6ccccc6)c(-c6ccccc6)c5)cc4)c4ccc(-c5ccc6c(-c7ccccc7)c(-c7ccccc7)c7ccccc7c6c5)cc4)cc3)cc2)cc1. The molecular weight excluding hydrogens is 903 g/mol. The fourth-order valence-corrected chi connectivity index (χ4v) is 11.0. The molecule has 0 spiro atoms. The first-order valence-corrected chi connectivity index (χ1v) is 25.8. The highest BCUT2D eigenvalue weighted by molar-refractivity contribution is 6.22. The Bertz CT molecular complexity index is 4080. The molecule has 0 aromatic heterocycles. The third-order valence-corrected chi connectivity index (χ3v) is 14.7. The van der Waals surface area contributed by atoms with Crippen LogP contribution in [0.2, 0.25) is 0 Å². The van der Waals surface area contributed by atoms with Gasteiger partial charge in [-0.3, -0.25) is 0 Å². The molecule has 75 heavy (non-hydrogen) atoms. The number of rotatable bonds is 11. The summed E-state index contributed by atoms with van der Waals surface area (Å²) in [4.78, 5) is 2.37. The summed E-state index contributed by atoms with van der Waals surface area (Å²) < 4.78 is 0. The molecule has 0 atom stereocenters. The summed E-state index contributed by atoms with van der Waals surface area (Å²) in [6, 6.07) is 112. The summed E-state index contributed by atoms with van der Waals surface area (Å²) >= 11 is 0. The van der Waals surface area contributed by atoms with E-state index in [2.05, 4.69) is 314 Å². The van der Waals surface area contributed by atoms with Gasteiger partial charge in [-0.1, -0.05) is 261 Å². The van der Waals surface area contributed by atoms with E-state index in [4.69, 9.17) is 0 Å². The Morgan fingerprint density at radius 1 is 0.160 bits per heavy atom. The zero-order valence-electron chi connectivity index (χ0n) is 41.4. The van der Waals surface area contributed by atoms with Crippen molar-refractivity contribution in [3.05, 3.63) is 309 Å². The quantitative estimate of drug-likeness (QED) is 0.117. The summed E-state index contributed by atoms with van der Waals surface area (Å²) in [5.74, 6) is 0. The van der Waals surface area contributed by atoms with Crippen LogP contribution in [0.5, 0.6) is 0 Å². The van der Waals surface area contributed by atoms with Crippen LogP contribution < -0.4 is 4.90 Å². The number of nitrogens with zero attached hydrogens (tertiary/aromatic N) is 1. The number of anilines is 3.